The molecule has 0 radical (unpaired) electrons. The fourth-order valence-electron chi connectivity index (χ4n) is 4.15. The van der Waals surface area contributed by atoms with Gasteiger partial charge in [0.2, 0.25) is 11.8 Å². The summed E-state index contributed by atoms with van der Waals surface area (Å²) in [4.78, 5) is 59.3. The summed E-state index contributed by atoms with van der Waals surface area (Å²) in [5.74, 6) is -1.99. The molecule has 0 fully saturated rings. The average Bonchev–Trinajstić information content (AvgIpc) is 3.34. The van der Waals surface area contributed by atoms with Crippen molar-refractivity contribution in [1.82, 2.24) is 24.3 Å². The third kappa shape index (κ3) is 8.13. The second kappa shape index (κ2) is 13.6. The van der Waals surface area contributed by atoms with Crippen molar-refractivity contribution in [3.8, 4) is 0 Å². The van der Waals surface area contributed by atoms with Crippen molar-refractivity contribution in [2.75, 3.05) is 33.0 Å². The maximum absolute atomic E-state index is 14.5. The fourth-order valence-corrected chi connectivity index (χ4v) is 4.15. The molecular formula is C29H35FN6O5. The van der Waals surface area contributed by atoms with E-state index in [0.29, 0.717) is 28.7 Å². The Kier molecular flexibility index (Phi) is 10.2. The van der Waals surface area contributed by atoms with Gasteiger partial charge in [-0.25, -0.2) is 9.18 Å². The van der Waals surface area contributed by atoms with Gasteiger partial charge in [0.05, 0.1) is 29.9 Å². The van der Waals surface area contributed by atoms with Crippen molar-refractivity contribution >= 4 is 40.6 Å². The minimum Gasteiger partial charge on any atom is -0.465 e. The zero-order chi connectivity index (χ0) is 30.3. The van der Waals surface area contributed by atoms with Crippen molar-refractivity contribution in [3.63, 3.8) is 0 Å². The van der Waals surface area contributed by atoms with Gasteiger partial charge in [-0.3, -0.25) is 19.4 Å². The van der Waals surface area contributed by atoms with Crippen LogP contribution in [0.25, 0.3) is 17.0 Å². The lowest BCUT2D eigenvalue weighted by Gasteiger charge is -2.21. The van der Waals surface area contributed by atoms with Crippen LogP contribution in [0.1, 0.15) is 38.1 Å². The molecule has 218 valence electrons. The number of pyridine rings is 2. The van der Waals surface area contributed by atoms with Gasteiger partial charge in [0, 0.05) is 45.0 Å². The fraction of sp³-hybridized carbons (Fsp3) is 0.345. The quantitative estimate of drug-likeness (QED) is 0.301. The van der Waals surface area contributed by atoms with Gasteiger partial charge in [0.25, 0.3) is 5.56 Å². The van der Waals surface area contributed by atoms with Crippen molar-refractivity contribution in [2.24, 2.45) is 5.92 Å². The number of carboxylic acid groups (broad SMARTS) is 1. The average molecular weight is 567 g/mol. The van der Waals surface area contributed by atoms with Gasteiger partial charge in [-0.05, 0) is 57.0 Å². The summed E-state index contributed by atoms with van der Waals surface area (Å²) < 4.78 is 15.8. The number of aromatic amines is 1. The molecule has 3 heterocycles. The molecule has 3 rings (SSSR count). The number of nitrogens with one attached hydrogen (secondary N) is 2. The predicted molar refractivity (Wildman–Crippen MR) is 155 cm³/mol. The first-order valence-corrected chi connectivity index (χ1v) is 13.0. The minimum atomic E-state index is -1.19. The largest absolute Gasteiger partial charge is 0.465 e. The molecule has 0 aromatic carbocycles. The first-order chi connectivity index (χ1) is 19.4. The molecule has 0 aliphatic carbocycles. The molecule has 41 heavy (non-hydrogen) atoms. The number of fused-ring (bicyclic) bond motifs is 1. The molecule has 3 N–H and O–H groups in total. The first kappa shape index (κ1) is 30.8. The van der Waals surface area contributed by atoms with Gasteiger partial charge in [-0.15, -0.1) is 0 Å². The van der Waals surface area contributed by atoms with Gasteiger partial charge in [-0.2, -0.15) is 0 Å². The number of hydrogen-bond donors (Lipinski definition) is 3. The number of carbonyl (C=O) groups is 3. The number of aromatic nitrogens is 3. The molecule has 3 aromatic heterocycles. The monoisotopic (exact) mass is 566 g/mol. The lowest BCUT2D eigenvalue weighted by Crippen LogP contribution is -2.37. The van der Waals surface area contributed by atoms with E-state index in [1.807, 2.05) is 19.9 Å². The number of anilines is 1. The van der Waals surface area contributed by atoms with Crippen LogP contribution in [-0.4, -0.2) is 75.0 Å². The smallest absolute Gasteiger partial charge is 0.407 e. The van der Waals surface area contributed by atoms with Crippen molar-refractivity contribution in [2.45, 2.75) is 33.2 Å². The Bertz CT molecular complexity index is 1550. The van der Waals surface area contributed by atoms with Gasteiger partial charge in [-0.1, -0.05) is 11.6 Å². The van der Waals surface area contributed by atoms with Crippen LogP contribution in [0.3, 0.4) is 0 Å². The van der Waals surface area contributed by atoms with Crippen LogP contribution in [0, 0.1) is 11.7 Å². The SMILES string of the molecule is CC(C)=Cc1ncc(F)c2cc(Cn3cccc(NC(=O)[C@@H](CC/C=C/C(=O)N(C)C)CN(C)C(=O)O)c3=O)[nH]c12. The normalized spacial score (nSPS) is 11.9. The van der Waals surface area contributed by atoms with Gasteiger partial charge in [0.15, 0.2) is 5.82 Å². The summed E-state index contributed by atoms with van der Waals surface area (Å²) in [6, 6.07) is 4.69. The number of rotatable bonds is 11. The molecule has 12 heteroatoms. The first-order valence-electron chi connectivity index (χ1n) is 13.0. The van der Waals surface area contributed by atoms with Crippen molar-refractivity contribution < 1.29 is 23.9 Å². The van der Waals surface area contributed by atoms with E-state index in [2.05, 4.69) is 15.3 Å². The number of nitrogens with zero attached hydrogens (tertiary/aromatic N) is 4. The third-order valence-electron chi connectivity index (χ3n) is 6.32. The minimum absolute atomic E-state index is 0.0213. The molecule has 0 bridgehead atoms. The van der Waals surface area contributed by atoms with Crippen molar-refractivity contribution in [3.05, 3.63) is 75.9 Å². The molecule has 1 atom stereocenters. The maximum Gasteiger partial charge on any atom is 0.407 e. The second-order valence-electron chi connectivity index (χ2n) is 10.2. The standard InChI is InChI=1S/C29H35FN6O5/c1-18(2)13-24-26-21(22(30)15-31-24)14-20(32-26)17-36-12-8-10-23(28(36)39)33-27(38)19(16-35(5)29(40)41)9-6-7-11-25(37)34(3)4/h7-8,10-15,19,32H,6,9,16-17H2,1-5H3,(H,33,38)(H,40,41)/b11-7+/t19-/m0/s1. The molecule has 0 aliphatic rings. The zero-order valence-corrected chi connectivity index (χ0v) is 23.8. The van der Waals surface area contributed by atoms with E-state index >= 15 is 0 Å². The molecule has 3 amide bonds. The van der Waals surface area contributed by atoms with E-state index in [9.17, 15) is 28.7 Å². The highest BCUT2D eigenvalue weighted by molar-refractivity contribution is 5.93. The summed E-state index contributed by atoms with van der Waals surface area (Å²) in [7, 11) is 4.59. The summed E-state index contributed by atoms with van der Waals surface area (Å²) in [5, 5.41) is 12.3. The van der Waals surface area contributed by atoms with Crippen molar-refractivity contribution in [1.29, 1.82) is 0 Å². The Labute approximate surface area is 237 Å². The number of allylic oxidation sites excluding steroid dienone is 2. The molecular weight excluding hydrogens is 531 g/mol. The number of hydrogen-bond acceptors (Lipinski definition) is 5. The number of carbonyl (C=O) groups excluding carboxylic acids is 2. The highest BCUT2D eigenvalue weighted by atomic mass is 19.1. The van der Waals surface area contributed by atoms with E-state index in [4.69, 9.17) is 0 Å². The highest BCUT2D eigenvalue weighted by Crippen LogP contribution is 2.23. The van der Waals surface area contributed by atoms with Crippen LogP contribution in [0.5, 0.6) is 0 Å². The number of amides is 3. The number of likely N-dealkylation sites (N-methyl/N-ethyl adjacent to an activating group) is 1. The summed E-state index contributed by atoms with van der Waals surface area (Å²) >= 11 is 0. The van der Waals surface area contributed by atoms with E-state index in [0.717, 1.165) is 16.7 Å². The van der Waals surface area contributed by atoms with Gasteiger partial charge in [0.1, 0.15) is 5.69 Å². The molecule has 11 nitrogen and oxygen atoms in total. The zero-order valence-electron chi connectivity index (χ0n) is 23.8. The Morgan fingerprint density at radius 1 is 1.24 bits per heavy atom. The Morgan fingerprint density at radius 3 is 2.63 bits per heavy atom. The Balaban J connectivity index is 1.81. The summed E-state index contributed by atoms with van der Waals surface area (Å²) in [5.41, 5.74) is 2.20. The highest BCUT2D eigenvalue weighted by Gasteiger charge is 2.23. The number of H-pyrrole nitrogens is 1. The van der Waals surface area contributed by atoms with Gasteiger partial charge < -0.3 is 29.8 Å². The summed E-state index contributed by atoms with van der Waals surface area (Å²) in [6.45, 7) is 3.81. The van der Waals surface area contributed by atoms with E-state index in [1.54, 1.807) is 38.5 Å². The third-order valence-corrected chi connectivity index (χ3v) is 6.32. The molecule has 0 saturated carbocycles. The number of halogens is 1. The van der Waals surface area contributed by atoms with Crippen LogP contribution in [0.15, 0.2) is 53.1 Å². The molecule has 0 spiro atoms. The van der Waals surface area contributed by atoms with Crippen LogP contribution in [0.2, 0.25) is 0 Å². The van der Waals surface area contributed by atoms with Crippen LogP contribution < -0.4 is 10.9 Å². The van der Waals surface area contributed by atoms with Crippen LogP contribution >= 0.6 is 0 Å². The molecule has 0 saturated heterocycles. The molecule has 3 aromatic rings. The topological polar surface area (TPSA) is 141 Å². The maximum atomic E-state index is 14.5. The Morgan fingerprint density at radius 2 is 1.98 bits per heavy atom. The van der Waals surface area contributed by atoms with E-state index < -0.39 is 29.3 Å². The van der Waals surface area contributed by atoms with Crippen LogP contribution in [0.4, 0.5) is 14.9 Å². The van der Waals surface area contributed by atoms with E-state index in [-0.39, 0.29) is 31.1 Å². The Hall–Kier alpha value is -4.74. The lowest BCUT2D eigenvalue weighted by molar-refractivity contribution is -0.123. The predicted octanol–water partition coefficient (Wildman–Crippen LogP) is 3.92. The second-order valence-corrected chi connectivity index (χ2v) is 10.2. The van der Waals surface area contributed by atoms with Crippen LogP contribution in [-0.2, 0) is 16.1 Å². The lowest BCUT2D eigenvalue weighted by atomic mass is 10.0. The van der Waals surface area contributed by atoms with Gasteiger partial charge >= 0.3 is 6.09 Å². The summed E-state index contributed by atoms with van der Waals surface area (Å²) in [6.07, 6.45) is 6.97. The molecule has 0 aliphatic heterocycles. The van der Waals surface area contributed by atoms with E-state index in [1.165, 1.54) is 28.7 Å². The molecule has 0 unspecified atom stereocenters.